The first kappa shape index (κ1) is 9.94. The first-order chi connectivity index (χ1) is 6.15. The van der Waals surface area contributed by atoms with Crippen molar-refractivity contribution >= 4 is 39.0 Å². The molecule has 0 spiro atoms. The van der Waals surface area contributed by atoms with Crippen molar-refractivity contribution in [2.75, 3.05) is 12.8 Å². The highest BCUT2D eigenvalue weighted by molar-refractivity contribution is 7.13. The third-order valence-electron chi connectivity index (χ3n) is 1.13. The summed E-state index contributed by atoms with van der Waals surface area (Å²) < 4.78 is 0. The third kappa shape index (κ3) is 2.40. The van der Waals surface area contributed by atoms with Gasteiger partial charge in [-0.15, -0.1) is 11.3 Å². The zero-order chi connectivity index (χ0) is 9.84. The van der Waals surface area contributed by atoms with Gasteiger partial charge in [0.2, 0.25) is 0 Å². The second-order valence-corrected chi connectivity index (χ2v) is 3.20. The van der Waals surface area contributed by atoms with Crippen LogP contribution in [0.4, 0.5) is 5.13 Å². The maximum Gasteiger partial charge on any atom is 0.276 e. The van der Waals surface area contributed by atoms with Crippen LogP contribution in [0, 0.1) is 0 Å². The zero-order valence-electron chi connectivity index (χ0n) is 6.65. The van der Waals surface area contributed by atoms with E-state index in [1.54, 1.807) is 5.38 Å². The van der Waals surface area contributed by atoms with Crippen molar-refractivity contribution in [3.63, 3.8) is 0 Å². The third-order valence-corrected chi connectivity index (χ3v) is 1.99. The maximum atomic E-state index is 10.8. The van der Waals surface area contributed by atoms with E-state index in [0.717, 1.165) is 0 Å². The quantitative estimate of drug-likeness (QED) is 0.464. The molecule has 13 heavy (non-hydrogen) atoms. The Hall–Kier alpha value is -1.14. The molecule has 0 aliphatic rings. The molecule has 0 radical (unpaired) electrons. The summed E-state index contributed by atoms with van der Waals surface area (Å²) in [6.07, 6.45) is 0. The minimum absolute atomic E-state index is 0.0443. The molecule has 0 bridgehead atoms. The lowest BCUT2D eigenvalue weighted by atomic mass is 10.3. The van der Waals surface area contributed by atoms with Crippen LogP contribution in [-0.2, 0) is 9.63 Å². The highest BCUT2D eigenvalue weighted by atomic mass is 35.5. The summed E-state index contributed by atoms with van der Waals surface area (Å²) in [7, 11) is 1.32. The maximum absolute atomic E-state index is 10.8. The molecular formula is C6H6ClN3O2S. The number of nitrogen functional groups attached to an aromatic ring is 1. The van der Waals surface area contributed by atoms with Crippen LogP contribution in [0.15, 0.2) is 10.5 Å². The highest BCUT2D eigenvalue weighted by Gasteiger charge is 2.15. The molecule has 1 aromatic heterocycles. The number of nitrogens with zero attached hydrogens (tertiary/aromatic N) is 2. The Morgan fingerprint density at radius 1 is 1.85 bits per heavy atom. The molecule has 0 atom stereocenters. The summed E-state index contributed by atoms with van der Waals surface area (Å²) in [6.45, 7) is 0. The van der Waals surface area contributed by atoms with Gasteiger partial charge in [-0.25, -0.2) is 4.98 Å². The Labute approximate surface area is 83.2 Å². The molecule has 0 unspecified atom stereocenters. The smallest absolute Gasteiger partial charge is 0.276 e. The van der Waals surface area contributed by atoms with E-state index in [4.69, 9.17) is 17.3 Å². The monoisotopic (exact) mass is 219 g/mol. The second kappa shape index (κ2) is 4.20. The number of rotatable bonds is 3. The van der Waals surface area contributed by atoms with Gasteiger partial charge in [-0.05, 0) is 11.6 Å². The molecule has 5 nitrogen and oxygen atoms in total. The number of oxime groups is 1. The summed E-state index contributed by atoms with van der Waals surface area (Å²) in [5, 5.41) is 4.62. The number of hydrogen-bond acceptors (Lipinski definition) is 6. The molecule has 0 fully saturated rings. The summed E-state index contributed by atoms with van der Waals surface area (Å²) >= 11 is 6.44. The lowest BCUT2D eigenvalue weighted by Crippen LogP contribution is -2.10. The van der Waals surface area contributed by atoms with Gasteiger partial charge >= 0.3 is 0 Å². The van der Waals surface area contributed by atoms with E-state index in [1.807, 2.05) is 0 Å². The molecule has 2 N–H and O–H groups in total. The van der Waals surface area contributed by atoms with Gasteiger partial charge in [-0.1, -0.05) is 5.16 Å². The van der Waals surface area contributed by atoms with Crippen molar-refractivity contribution in [2.24, 2.45) is 5.16 Å². The molecule has 0 saturated carbocycles. The van der Waals surface area contributed by atoms with Crippen molar-refractivity contribution in [2.45, 2.75) is 0 Å². The molecule has 70 valence electrons. The average Bonchev–Trinajstić information content (AvgIpc) is 2.46. The van der Waals surface area contributed by atoms with Gasteiger partial charge < -0.3 is 10.6 Å². The minimum atomic E-state index is -0.729. The van der Waals surface area contributed by atoms with E-state index in [9.17, 15) is 4.79 Å². The van der Waals surface area contributed by atoms with Gasteiger partial charge in [0.15, 0.2) is 10.8 Å². The number of aromatic nitrogens is 1. The van der Waals surface area contributed by atoms with Crippen LogP contribution in [0.5, 0.6) is 0 Å². The van der Waals surface area contributed by atoms with Crippen LogP contribution in [-0.4, -0.2) is 23.0 Å². The average molecular weight is 220 g/mol. The molecule has 1 aromatic rings. The topological polar surface area (TPSA) is 77.6 Å². The van der Waals surface area contributed by atoms with Crippen LogP contribution in [0.3, 0.4) is 0 Å². The molecule has 0 saturated heterocycles. The van der Waals surface area contributed by atoms with Crippen LogP contribution in [0.25, 0.3) is 0 Å². The van der Waals surface area contributed by atoms with Crippen LogP contribution >= 0.6 is 22.9 Å². The van der Waals surface area contributed by atoms with Gasteiger partial charge in [0, 0.05) is 5.38 Å². The van der Waals surface area contributed by atoms with Gasteiger partial charge in [0.1, 0.15) is 12.8 Å². The number of carbonyl (C=O) groups excluding carboxylic acids is 1. The lowest BCUT2D eigenvalue weighted by Gasteiger charge is -1.94. The summed E-state index contributed by atoms with van der Waals surface area (Å²) in [4.78, 5) is 19.1. The predicted octanol–water partition coefficient (Wildman–Crippen LogP) is 0.841. The molecule has 1 rings (SSSR count). The molecule has 0 aromatic carbocycles. The van der Waals surface area contributed by atoms with E-state index < -0.39 is 5.24 Å². The van der Waals surface area contributed by atoms with Crippen molar-refractivity contribution < 1.29 is 9.63 Å². The van der Waals surface area contributed by atoms with Crippen molar-refractivity contribution in [1.82, 2.24) is 4.98 Å². The molecule has 0 aliphatic carbocycles. The Kier molecular flexibility index (Phi) is 3.21. The predicted molar refractivity (Wildman–Crippen MR) is 50.9 cm³/mol. The number of nitrogens with two attached hydrogens (primary N) is 1. The number of thiazole rings is 1. The Balaban J connectivity index is 3.02. The largest absolute Gasteiger partial charge is 0.398 e. The minimum Gasteiger partial charge on any atom is -0.398 e. The van der Waals surface area contributed by atoms with Crippen LogP contribution < -0.4 is 5.73 Å². The molecule has 1 heterocycles. The highest BCUT2D eigenvalue weighted by Crippen LogP contribution is 2.13. The van der Waals surface area contributed by atoms with Gasteiger partial charge in [-0.3, -0.25) is 4.79 Å². The fourth-order valence-corrected chi connectivity index (χ4v) is 1.35. The molecular weight excluding hydrogens is 214 g/mol. The van der Waals surface area contributed by atoms with Crippen molar-refractivity contribution in [3.05, 3.63) is 11.1 Å². The van der Waals surface area contributed by atoms with Gasteiger partial charge in [0.25, 0.3) is 5.24 Å². The standard InChI is InChI=1S/C6H6ClN3O2S/c1-12-10-4(5(7)11)3-2-13-6(8)9-3/h2H,1H3,(H2,8,9)/b10-4-. The van der Waals surface area contributed by atoms with Crippen molar-refractivity contribution in [3.8, 4) is 0 Å². The van der Waals surface area contributed by atoms with E-state index in [0.29, 0.717) is 10.8 Å². The normalized spacial score (nSPS) is 11.4. The Morgan fingerprint density at radius 3 is 2.92 bits per heavy atom. The zero-order valence-corrected chi connectivity index (χ0v) is 8.22. The molecule has 0 amide bonds. The summed E-state index contributed by atoms with van der Waals surface area (Å²) in [5.41, 5.74) is 5.65. The summed E-state index contributed by atoms with van der Waals surface area (Å²) in [5.74, 6) is 0. The lowest BCUT2D eigenvalue weighted by molar-refractivity contribution is -0.106. The van der Waals surface area contributed by atoms with Crippen molar-refractivity contribution in [1.29, 1.82) is 0 Å². The Bertz CT molecular complexity index is 349. The summed E-state index contributed by atoms with van der Waals surface area (Å²) in [6, 6.07) is 0. The number of halogens is 1. The first-order valence-corrected chi connectivity index (χ1v) is 4.43. The molecule has 0 aliphatic heterocycles. The van der Waals surface area contributed by atoms with Gasteiger partial charge in [-0.2, -0.15) is 0 Å². The fraction of sp³-hybridized carbons (Fsp3) is 0.167. The van der Waals surface area contributed by atoms with E-state index in [1.165, 1.54) is 18.4 Å². The van der Waals surface area contributed by atoms with E-state index >= 15 is 0 Å². The Morgan fingerprint density at radius 2 is 2.54 bits per heavy atom. The van der Waals surface area contributed by atoms with E-state index in [-0.39, 0.29) is 5.71 Å². The fourth-order valence-electron chi connectivity index (χ4n) is 0.671. The number of hydrogen-bond donors (Lipinski definition) is 1. The van der Waals surface area contributed by atoms with E-state index in [2.05, 4.69) is 15.0 Å². The van der Waals surface area contributed by atoms with Gasteiger partial charge in [0.05, 0.1) is 0 Å². The van der Waals surface area contributed by atoms with Crippen LogP contribution in [0.2, 0.25) is 0 Å². The number of anilines is 1. The molecule has 7 heteroatoms. The number of carbonyl (C=O) groups is 1. The van der Waals surface area contributed by atoms with Crippen LogP contribution in [0.1, 0.15) is 5.69 Å². The second-order valence-electron chi connectivity index (χ2n) is 1.97. The first-order valence-electron chi connectivity index (χ1n) is 3.17. The SMILES string of the molecule is CO/N=C(\C(=O)Cl)c1csc(N)n1.